The topological polar surface area (TPSA) is 67.0 Å². The summed E-state index contributed by atoms with van der Waals surface area (Å²) < 4.78 is 4.87. The zero-order chi connectivity index (χ0) is 11.4. The monoisotopic (exact) mass is 219 g/mol. The first-order valence-corrected chi connectivity index (χ1v) is 5.02. The highest BCUT2D eigenvalue weighted by atomic mass is 16.5. The maximum atomic E-state index is 11.8. The number of methoxy groups -OCH3 is 1. The van der Waals surface area contributed by atoms with Crippen LogP contribution >= 0.6 is 0 Å². The molecular weight excluding hydrogens is 206 g/mol. The fraction of sp³-hybridized carbons (Fsp3) is 0.273. The molecule has 0 radical (unpaired) electrons. The van der Waals surface area contributed by atoms with E-state index in [1.807, 2.05) is 12.1 Å². The molecule has 1 amide bonds. The second kappa shape index (κ2) is 4.76. The Hall–Kier alpha value is -1.88. The van der Waals surface area contributed by atoms with Gasteiger partial charge in [-0.05, 0) is 12.1 Å². The Balaban J connectivity index is 2.19. The standard InChI is InChI=1S/C11H13N3O2/c1-16-6-5-12-11(15)8-3-2-4-10-9(8)7-13-14-10/h2-4,7H,5-6H2,1H3,(H,12,15)(H,13,14). The third-order valence-corrected chi connectivity index (χ3v) is 2.32. The Morgan fingerprint density at radius 3 is 3.25 bits per heavy atom. The highest BCUT2D eigenvalue weighted by Gasteiger charge is 2.09. The van der Waals surface area contributed by atoms with Crippen LogP contribution in [0.3, 0.4) is 0 Å². The molecule has 1 aromatic carbocycles. The number of ether oxygens (including phenoxy) is 1. The van der Waals surface area contributed by atoms with E-state index in [2.05, 4.69) is 15.5 Å². The van der Waals surface area contributed by atoms with E-state index in [1.54, 1.807) is 19.4 Å². The highest BCUT2D eigenvalue weighted by Crippen LogP contribution is 2.15. The Bertz CT molecular complexity index is 493. The molecule has 0 spiro atoms. The predicted octanol–water partition coefficient (Wildman–Crippen LogP) is 0.939. The molecule has 0 bridgehead atoms. The molecule has 16 heavy (non-hydrogen) atoms. The van der Waals surface area contributed by atoms with Crippen molar-refractivity contribution in [1.82, 2.24) is 15.5 Å². The zero-order valence-electron chi connectivity index (χ0n) is 8.99. The lowest BCUT2D eigenvalue weighted by Gasteiger charge is -2.04. The van der Waals surface area contributed by atoms with Crippen LogP contribution in [0.15, 0.2) is 24.4 Å². The Morgan fingerprint density at radius 1 is 1.56 bits per heavy atom. The van der Waals surface area contributed by atoms with Crippen LogP contribution in [0.4, 0.5) is 0 Å². The van der Waals surface area contributed by atoms with E-state index in [9.17, 15) is 4.79 Å². The highest BCUT2D eigenvalue weighted by molar-refractivity contribution is 6.05. The molecule has 84 valence electrons. The summed E-state index contributed by atoms with van der Waals surface area (Å²) in [7, 11) is 1.60. The minimum absolute atomic E-state index is 0.107. The van der Waals surface area contributed by atoms with Crippen molar-refractivity contribution in [2.24, 2.45) is 0 Å². The number of carbonyl (C=O) groups excluding carboxylic acids is 1. The number of benzene rings is 1. The lowest BCUT2D eigenvalue weighted by atomic mass is 10.1. The predicted molar refractivity (Wildman–Crippen MR) is 60.3 cm³/mol. The molecule has 0 unspecified atom stereocenters. The number of H-pyrrole nitrogens is 1. The lowest BCUT2D eigenvalue weighted by molar-refractivity contribution is 0.0939. The Morgan fingerprint density at radius 2 is 2.44 bits per heavy atom. The van der Waals surface area contributed by atoms with Crippen LogP contribution in [-0.2, 0) is 4.74 Å². The van der Waals surface area contributed by atoms with Crippen molar-refractivity contribution < 1.29 is 9.53 Å². The fourth-order valence-electron chi connectivity index (χ4n) is 1.53. The molecule has 0 saturated carbocycles. The van der Waals surface area contributed by atoms with E-state index in [1.165, 1.54) is 0 Å². The average Bonchev–Trinajstić information content (AvgIpc) is 2.76. The number of hydrogen-bond acceptors (Lipinski definition) is 3. The summed E-state index contributed by atoms with van der Waals surface area (Å²) in [5, 5.41) is 10.3. The van der Waals surface area contributed by atoms with Gasteiger partial charge in [0.05, 0.1) is 23.9 Å². The van der Waals surface area contributed by atoms with Crippen LogP contribution in [0.5, 0.6) is 0 Å². The van der Waals surface area contributed by atoms with Crippen LogP contribution in [0.1, 0.15) is 10.4 Å². The minimum atomic E-state index is -0.107. The van der Waals surface area contributed by atoms with Gasteiger partial charge in [-0.25, -0.2) is 0 Å². The van der Waals surface area contributed by atoms with Gasteiger partial charge in [0.25, 0.3) is 5.91 Å². The third kappa shape index (κ3) is 2.04. The maximum Gasteiger partial charge on any atom is 0.252 e. The van der Waals surface area contributed by atoms with Gasteiger partial charge in [-0.15, -0.1) is 0 Å². The van der Waals surface area contributed by atoms with Crippen LogP contribution in [0, 0.1) is 0 Å². The van der Waals surface area contributed by atoms with Crippen molar-refractivity contribution >= 4 is 16.8 Å². The van der Waals surface area contributed by atoms with Gasteiger partial charge in [0, 0.05) is 19.0 Å². The first-order valence-electron chi connectivity index (χ1n) is 5.02. The average molecular weight is 219 g/mol. The molecule has 5 heteroatoms. The molecule has 0 aliphatic carbocycles. The van der Waals surface area contributed by atoms with Gasteiger partial charge in [0.2, 0.25) is 0 Å². The van der Waals surface area contributed by atoms with Gasteiger partial charge in [0.15, 0.2) is 0 Å². The molecule has 2 aromatic rings. The molecule has 5 nitrogen and oxygen atoms in total. The molecule has 1 heterocycles. The van der Waals surface area contributed by atoms with Crippen LogP contribution in [0.2, 0.25) is 0 Å². The smallest absolute Gasteiger partial charge is 0.252 e. The normalized spacial score (nSPS) is 10.6. The van der Waals surface area contributed by atoms with E-state index in [0.717, 1.165) is 10.9 Å². The lowest BCUT2D eigenvalue weighted by Crippen LogP contribution is -2.26. The summed E-state index contributed by atoms with van der Waals surface area (Å²) in [5.41, 5.74) is 1.49. The number of amides is 1. The summed E-state index contributed by atoms with van der Waals surface area (Å²) in [6, 6.07) is 5.49. The number of rotatable bonds is 4. The summed E-state index contributed by atoms with van der Waals surface area (Å²) in [5.74, 6) is -0.107. The van der Waals surface area contributed by atoms with Crippen LogP contribution in [0.25, 0.3) is 10.9 Å². The van der Waals surface area contributed by atoms with E-state index in [0.29, 0.717) is 18.7 Å². The van der Waals surface area contributed by atoms with Gasteiger partial charge < -0.3 is 10.1 Å². The quantitative estimate of drug-likeness (QED) is 0.752. The second-order valence-electron chi connectivity index (χ2n) is 3.39. The Labute approximate surface area is 92.8 Å². The van der Waals surface area contributed by atoms with Gasteiger partial charge >= 0.3 is 0 Å². The molecule has 0 aliphatic heterocycles. The number of aromatic amines is 1. The van der Waals surface area contributed by atoms with Crippen molar-refractivity contribution in [2.75, 3.05) is 20.3 Å². The largest absolute Gasteiger partial charge is 0.383 e. The van der Waals surface area contributed by atoms with Crippen LogP contribution < -0.4 is 5.32 Å². The van der Waals surface area contributed by atoms with E-state index in [-0.39, 0.29) is 5.91 Å². The molecule has 0 atom stereocenters. The van der Waals surface area contributed by atoms with Crippen molar-refractivity contribution in [3.63, 3.8) is 0 Å². The molecule has 1 aromatic heterocycles. The van der Waals surface area contributed by atoms with Gasteiger partial charge in [-0.1, -0.05) is 6.07 Å². The number of nitrogens with zero attached hydrogens (tertiary/aromatic N) is 1. The van der Waals surface area contributed by atoms with Crippen LogP contribution in [-0.4, -0.2) is 36.4 Å². The number of fused-ring (bicyclic) bond motifs is 1. The number of aromatic nitrogens is 2. The maximum absolute atomic E-state index is 11.8. The van der Waals surface area contributed by atoms with E-state index < -0.39 is 0 Å². The molecular formula is C11H13N3O2. The van der Waals surface area contributed by atoms with Gasteiger partial charge in [0.1, 0.15) is 0 Å². The first kappa shape index (κ1) is 10.6. The van der Waals surface area contributed by atoms with Gasteiger partial charge in [-0.2, -0.15) is 5.10 Å². The van der Waals surface area contributed by atoms with Crippen molar-refractivity contribution in [1.29, 1.82) is 0 Å². The van der Waals surface area contributed by atoms with Gasteiger partial charge in [-0.3, -0.25) is 9.89 Å². The van der Waals surface area contributed by atoms with Crippen molar-refractivity contribution in [3.05, 3.63) is 30.0 Å². The fourth-order valence-corrected chi connectivity index (χ4v) is 1.53. The first-order chi connectivity index (χ1) is 7.83. The van der Waals surface area contributed by atoms with E-state index >= 15 is 0 Å². The summed E-state index contributed by atoms with van der Waals surface area (Å²) in [4.78, 5) is 11.8. The minimum Gasteiger partial charge on any atom is -0.383 e. The second-order valence-corrected chi connectivity index (χ2v) is 3.39. The number of carbonyl (C=O) groups is 1. The molecule has 0 aliphatic rings. The summed E-state index contributed by atoms with van der Waals surface area (Å²) in [6.45, 7) is 1.01. The third-order valence-electron chi connectivity index (χ3n) is 2.32. The van der Waals surface area contributed by atoms with E-state index in [4.69, 9.17) is 4.74 Å². The molecule has 0 saturated heterocycles. The van der Waals surface area contributed by atoms with Crippen molar-refractivity contribution in [3.8, 4) is 0 Å². The number of hydrogen-bond donors (Lipinski definition) is 2. The Kier molecular flexibility index (Phi) is 3.16. The number of nitrogens with one attached hydrogen (secondary N) is 2. The molecule has 2 rings (SSSR count). The zero-order valence-corrected chi connectivity index (χ0v) is 8.99. The molecule has 2 N–H and O–H groups in total. The SMILES string of the molecule is COCCNC(=O)c1cccc2[nH]ncc12. The molecule has 0 fully saturated rings. The van der Waals surface area contributed by atoms with Crippen molar-refractivity contribution in [2.45, 2.75) is 0 Å². The summed E-state index contributed by atoms with van der Waals surface area (Å²) >= 11 is 0. The summed E-state index contributed by atoms with van der Waals surface area (Å²) in [6.07, 6.45) is 1.65.